The van der Waals surface area contributed by atoms with Crippen molar-refractivity contribution < 1.29 is 23.1 Å². The van der Waals surface area contributed by atoms with E-state index in [2.05, 4.69) is 0 Å². The Morgan fingerprint density at radius 2 is 1.94 bits per heavy atom. The van der Waals surface area contributed by atoms with Gasteiger partial charge in [0.25, 0.3) is 0 Å². The maximum absolute atomic E-state index is 12.0. The Balaban J connectivity index is 1.85. The zero-order valence-corrected chi connectivity index (χ0v) is 11.1. The van der Waals surface area contributed by atoms with Crippen LogP contribution in [0.5, 0.6) is 0 Å². The Labute approximate surface area is 107 Å². The number of ether oxygens (including phenoxy) is 1. The van der Waals surface area contributed by atoms with Crippen molar-refractivity contribution in [2.75, 3.05) is 25.5 Å². The molecule has 7 heteroatoms. The van der Waals surface area contributed by atoms with E-state index in [0.717, 1.165) is 17.1 Å². The van der Waals surface area contributed by atoms with Crippen molar-refractivity contribution in [3.05, 3.63) is 0 Å². The molecule has 0 aromatic rings. The molecule has 2 aliphatic heterocycles. The lowest BCUT2D eigenvalue weighted by atomic mass is 9.98. The van der Waals surface area contributed by atoms with Gasteiger partial charge in [0.05, 0.1) is 5.75 Å². The van der Waals surface area contributed by atoms with Crippen molar-refractivity contribution >= 4 is 16.0 Å². The van der Waals surface area contributed by atoms with E-state index in [1.165, 1.54) is 0 Å². The second kappa shape index (κ2) is 5.54. The first-order chi connectivity index (χ1) is 8.50. The fourth-order valence-electron chi connectivity index (χ4n) is 2.41. The maximum atomic E-state index is 12.0. The Kier molecular flexibility index (Phi) is 4.24. The molecule has 0 aromatic heterocycles. The normalized spacial score (nSPS) is 26.8. The van der Waals surface area contributed by atoms with Gasteiger partial charge in [-0.25, -0.2) is 8.42 Å². The zero-order chi connectivity index (χ0) is 13.2. The van der Waals surface area contributed by atoms with Gasteiger partial charge in [0.15, 0.2) is 0 Å². The molecule has 18 heavy (non-hydrogen) atoms. The highest BCUT2D eigenvalue weighted by Crippen LogP contribution is 2.25. The molecule has 0 amide bonds. The van der Waals surface area contributed by atoms with Crippen molar-refractivity contribution in [2.24, 2.45) is 5.92 Å². The predicted octanol–water partition coefficient (Wildman–Crippen LogP) is 0.292. The number of rotatable bonds is 5. The van der Waals surface area contributed by atoms with E-state index in [1.54, 1.807) is 0 Å². The maximum Gasteiger partial charge on any atom is 0.322 e. The molecule has 0 radical (unpaired) electrons. The molecular formula is C11H19NO5S. The van der Waals surface area contributed by atoms with Crippen LogP contribution in [0, 0.1) is 5.92 Å². The summed E-state index contributed by atoms with van der Waals surface area (Å²) in [7, 11) is -3.41. The van der Waals surface area contributed by atoms with E-state index in [4.69, 9.17) is 9.84 Å². The molecule has 1 unspecified atom stereocenters. The molecule has 2 heterocycles. The first kappa shape index (κ1) is 13.8. The summed E-state index contributed by atoms with van der Waals surface area (Å²) in [6, 6.07) is -0.843. The average molecular weight is 277 g/mol. The Bertz CT molecular complexity index is 402. The zero-order valence-electron chi connectivity index (χ0n) is 10.2. The molecule has 0 saturated carbocycles. The second-order valence-corrected chi connectivity index (χ2v) is 6.95. The SMILES string of the molecule is O=C(O)C1CCN1S(=O)(=O)CCC1CCOCC1. The summed E-state index contributed by atoms with van der Waals surface area (Å²) in [5.41, 5.74) is 0. The first-order valence-corrected chi connectivity index (χ1v) is 7.91. The highest BCUT2D eigenvalue weighted by molar-refractivity contribution is 7.89. The number of hydrogen-bond acceptors (Lipinski definition) is 4. The van der Waals surface area contributed by atoms with Crippen LogP contribution in [0.4, 0.5) is 0 Å². The average Bonchev–Trinajstić information content (AvgIpc) is 2.25. The van der Waals surface area contributed by atoms with Gasteiger partial charge in [-0.15, -0.1) is 0 Å². The molecule has 6 nitrogen and oxygen atoms in total. The lowest BCUT2D eigenvalue weighted by Gasteiger charge is -2.37. The molecule has 2 aliphatic rings. The van der Waals surface area contributed by atoms with Gasteiger partial charge >= 0.3 is 5.97 Å². The minimum Gasteiger partial charge on any atom is -0.480 e. The number of aliphatic carboxylic acids is 1. The van der Waals surface area contributed by atoms with Gasteiger partial charge in [-0.2, -0.15) is 4.31 Å². The summed E-state index contributed by atoms with van der Waals surface area (Å²) in [5, 5.41) is 8.86. The van der Waals surface area contributed by atoms with Crippen LogP contribution in [0.1, 0.15) is 25.7 Å². The molecule has 1 atom stereocenters. The van der Waals surface area contributed by atoms with Gasteiger partial charge in [0.2, 0.25) is 10.0 Å². The van der Waals surface area contributed by atoms with Crippen molar-refractivity contribution in [1.82, 2.24) is 4.31 Å². The van der Waals surface area contributed by atoms with Crippen molar-refractivity contribution in [3.63, 3.8) is 0 Å². The van der Waals surface area contributed by atoms with Gasteiger partial charge in [0, 0.05) is 19.8 Å². The third-order valence-electron chi connectivity index (χ3n) is 3.74. The first-order valence-electron chi connectivity index (χ1n) is 6.31. The number of nitrogens with zero attached hydrogens (tertiary/aromatic N) is 1. The number of hydrogen-bond donors (Lipinski definition) is 1. The molecular weight excluding hydrogens is 258 g/mol. The van der Waals surface area contributed by atoms with E-state index in [-0.39, 0.29) is 5.75 Å². The smallest absolute Gasteiger partial charge is 0.322 e. The number of carboxylic acids is 1. The van der Waals surface area contributed by atoms with Gasteiger partial charge < -0.3 is 9.84 Å². The Hall–Kier alpha value is -0.660. The van der Waals surface area contributed by atoms with Gasteiger partial charge in [0.1, 0.15) is 6.04 Å². The van der Waals surface area contributed by atoms with Crippen LogP contribution in [0.25, 0.3) is 0 Å². The summed E-state index contributed by atoms with van der Waals surface area (Å²) >= 11 is 0. The second-order valence-electron chi connectivity index (χ2n) is 4.91. The number of carboxylic acid groups (broad SMARTS) is 1. The number of sulfonamides is 1. The van der Waals surface area contributed by atoms with Crippen molar-refractivity contribution in [1.29, 1.82) is 0 Å². The summed E-state index contributed by atoms with van der Waals surface area (Å²) in [5.74, 6) is -0.601. The monoisotopic (exact) mass is 277 g/mol. The minimum atomic E-state index is -3.41. The summed E-state index contributed by atoms with van der Waals surface area (Å²) < 4.78 is 30.3. The fourth-order valence-corrected chi connectivity index (χ4v) is 4.24. The van der Waals surface area contributed by atoms with Gasteiger partial charge in [-0.05, 0) is 31.6 Å². The van der Waals surface area contributed by atoms with Crippen LogP contribution in [-0.2, 0) is 19.6 Å². The van der Waals surface area contributed by atoms with Crippen LogP contribution in [0.2, 0.25) is 0 Å². The molecule has 2 saturated heterocycles. The van der Waals surface area contributed by atoms with Crippen LogP contribution in [0.15, 0.2) is 0 Å². The van der Waals surface area contributed by atoms with E-state index in [9.17, 15) is 13.2 Å². The third kappa shape index (κ3) is 3.02. The topological polar surface area (TPSA) is 83.9 Å². The van der Waals surface area contributed by atoms with Crippen molar-refractivity contribution in [2.45, 2.75) is 31.7 Å². The summed E-state index contributed by atoms with van der Waals surface area (Å²) in [6.07, 6.45) is 2.83. The molecule has 2 rings (SSSR count). The number of carbonyl (C=O) groups is 1. The molecule has 0 bridgehead atoms. The molecule has 0 spiro atoms. The largest absolute Gasteiger partial charge is 0.480 e. The van der Waals surface area contributed by atoms with Crippen molar-refractivity contribution in [3.8, 4) is 0 Å². The summed E-state index contributed by atoms with van der Waals surface area (Å²) in [4.78, 5) is 10.8. The highest BCUT2D eigenvalue weighted by Gasteiger charge is 2.41. The van der Waals surface area contributed by atoms with Crippen LogP contribution in [0.3, 0.4) is 0 Å². The summed E-state index contributed by atoms with van der Waals surface area (Å²) in [6.45, 7) is 1.74. The van der Waals surface area contributed by atoms with E-state index in [0.29, 0.717) is 38.5 Å². The molecule has 0 aromatic carbocycles. The third-order valence-corrected chi connectivity index (χ3v) is 5.64. The molecule has 2 fully saturated rings. The van der Waals surface area contributed by atoms with Gasteiger partial charge in [-0.3, -0.25) is 4.79 Å². The lowest BCUT2D eigenvalue weighted by Crippen LogP contribution is -2.55. The quantitative estimate of drug-likeness (QED) is 0.781. The highest BCUT2D eigenvalue weighted by atomic mass is 32.2. The van der Waals surface area contributed by atoms with E-state index < -0.39 is 22.0 Å². The van der Waals surface area contributed by atoms with E-state index >= 15 is 0 Å². The molecule has 1 N–H and O–H groups in total. The van der Waals surface area contributed by atoms with Gasteiger partial charge in [-0.1, -0.05) is 0 Å². The Morgan fingerprint density at radius 3 is 2.44 bits per heavy atom. The van der Waals surface area contributed by atoms with Crippen LogP contribution in [-0.4, -0.2) is 55.4 Å². The molecule has 0 aliphatic carbocycles. The minimum absolute atomic E-state index is 0.0570. The molecule has 104 valence electrons. The lowest BCUT2D eigenvalue weighted by molar-refractivity contribution is -0.144. The Morgan fingerprint density at radius 1 is 1.28 bits per heavy atom. The van der Waals surface area contributed by atoms with Crippen LogP contribution >= 0.6 is 0 Å². The standard InChI is InChI=1S/C11H19NO5S/c13-11(14)10-1-5-12(10)18(15,16)8-4-9-2-6-17-7-3-9/h9-10H,1-8H2,(H,13,14). The fraction of sp³-hybridized carbons (Fsp3) is 0.909. The predicted molar refractivity (Wildman–Crippen MR) is 64.7 cm³/mol. The van der Waals surface area contributed by atoms with E-state index in [1.807, 2.05) is 0 Å². The van der Waals surface area contributed by atoms with Crippen LogP contribution < -0.4 is 0 Å².